The highest BCUT2D eigenvalue weighted by atomic mass is 19.1. The van der Waals surface area contributed by atoms with Gasteiger partial charge in [0.15, 0.2) is 6.61 Å². The largest absolute Gasteiger partial charge is 0.465 e. The number of hydrogen-bond acceptors (Lipinski definition) is 6. The lowest BCUT2D eigenvalue weighted by Gasteiger charge is -2.08. The van der Waals surface area contributed by atoms with E-state index < -0.39 is 42.7 Å². The van der Waals surface area contributed by atoms with Crippen LogP contribution in [0.2, 0.25) is 0 Å². The summed E-state index contributed by atoms with van der Waals surface area (Å²) in [5.74, 6) is -3.47. The number of ether oxygens (including phenoxy) is 2. The van der Waals surface area contributed by atoms with Gasteiger partial charge in [0.1, 0.15) is 12.4 Å². The summed E-state index contributed by atoms with van der Waals surface area (Å²) in [5, 5.41) is 4.68. The first-order valence-electron chi connectivity index (χ1n) is 8.07. The highest BCUT2D eigenvalue weighted by molar-refractivity contribution is 5.97. The molecule has 8 nitrogen and oxygen atoms in total. The fourth-order valence-corrected chi connectivity index (χ4v) is 2.09. The molecule has 9 heteroatoms. The number of amides is 2. The molecular weight excluding hydrogens is 371 g/mol. The van der Waals surface area contributed by atoms with Gasteiger partial charge in [-0.15, -0.1) is 0 Å². The van der Waals surface area contributed by atoms with E-state index in [4.69, 9.17) is 4.74 Å². The van der Waals surface area contributed by atoms with Gasteiger partial charge in [-0.3, -0.25) is 14.4 Å². The third-order valence-electron chi connectivity index (χ3n) is 3.47. The number of nitrogens with one attached hydrogen (secondary N) is 2. The predicted molar refractivity (Wildman–Crippen MR) is 96.1 cm³/mol. The van der Waals surface area contributed by atoms with Gasteiger partial charge in [-0.2, -0.15) is 0 Å². The molecule has 28 heavy (non-hydrogen) atoms. The van der Waals surface area contributed by atoms with Crippen molar-refractivity contribution < 1.29 is 33.0 Å². The number of methoxy groups -OCH3 is 1. The van der Waals surface area contributed by atoms with E-state index in [-0.39, 0.29) is 5.56 Å². The maximum atomic E-state index is 13.5. The van der Waals surface area contributed by atoms with E-state index in [0.29, 0.717) is 11.3 Å². The normalized spacial score (nSPS) is 9.93. The molecule has 0 fully saturated rings. The van der Waals surface area contributed by atoms with Crippen LogP contribution in [0.25, 0.3) is 0 Å². The van der Waals surface area contributed by atoms with Crippen molar-refractivity contribution in [3.8, 4) is 0 Å². The quantitative estimate of drug-likeness (QED) is 0.696. The summed E-state index contributed by atoms with van der Waals surface area (Å²) < 4.78 is 22.8. The van der Waals surface area contributed by atoms with Crippen LogP contribution in [0.3, 0.4) is 0 Å². The molecule has 2 aromatic rings. The molecule has 0 spiro atoms. The first kappa shape index (κ1) is 20.6. The van der Waals surface area contributed by atoms with E-state index in [1.165, 1.54) is 49.6 Å². The molecule has 0 radical (unpaired) electrons. The molecule has 0 atom stereocenters. The summed E-state index contributed by atoms with van der Waals surface area (Å²) in [4.78, 5) is 46.5. The molecule has 0 unspecified atom stereocenters. The lowest BCUT2D eigenvalue weighted by molar-refractivity contribution is -0.146. The second kappa shape index (κ2) is 9.81. The Bertz CT molecular complexity index is 882. The van der Waals surface area contributed by atoms with Gasteiger partial charge in [-0.25, -0.2) is 9.18 Å². The highest BCUT2D eigenvalue weighted by Gasteiger charge is 2.14. The van der Waals surface area contributed by atoms with Crippen LogP contribution in [0, 0.1) is 5.82 Å². The summed E-state index contributed by atoms with van der Waals surface area (Å²) >= 11 is 0. The molecule has 0 aliphatic carbocycles. The average molecular weight is 388 g/mol. The van der Waals surface area contributed by atoms with Crippen LogP contribution in [0.1, 0.15) is 20.7 Å². The van der Waals surface area contributed by atoms with Crippen LogP contribution < -0.4 is 10.6 Å². The van der Waals surface area contributed by atoms with Crippen LogP contribution in [0.4, 0.5) is 10.1 Å². The first-order chi connectivity index (χ1) is 13.4. The molecule has 0 aliphatic rings. The second-order valence-electron chi connectivity index (χ2n) is 5.44. The van der Waals surface area contributed by atoms with Crippen molar-refractivity contribution in [3.05, 3.63) is 65.5 Å². The molecule has 2 aromatic carbocycles. The number of benzene rings is 2. The van der Waals surface area contributed by atoms with Crippen LogP contribution in [-0.4, -0.2) is 44.0 Å². The summed E-state index contributed by atoms with van der Waals surface area (Å²) in [6, 6.07) is 11.2. The van der Waals surface area contributed by atoms with Crippen molar-refractivity contribution in [1.29, 1.82) is 0 Å². The minimum absolute atomic E-state index is 0.205. The summed E-state index contributed by atoms with van der Waals surface area (Å²) in [6.07, 6.45) is 0. The lowest BCUT2D eigenvalue weighted by atomic mass is 10.2. The molecule has 2 N–H and O–H groups in total. The maximum Gasteiger partial charge on any atom is 0.337 e. The molecular formula is C19H17FN2O6. The van der Waals surface area contributed by atoms with Crippen LogP contribution in [-0.2, 0) is 19.1 Å². The van der Waals surface area contributed by atoms with Gasteiger partial charge in [0.05, 0.1) is 18.2 Å². The zero-order valence-electron chi connectivity index (χ0n) is 14.9. The molecule has 0 saturated carbocycles. The fourth-order valence-electron chi connectivity index (χ4n) is 2.09. The number of hydrogen-bond donors (Lipinski definition) is 2. The number of anilines is 1. The number of halogens is 1. The molecule has 0 bridgehead atoms. The minimum atomic E-state index is -0.860. The molecule has 0 aromatic heterocycles. The van der Waals surface area contributed by atoms with Crippen molar-refractivity contribution in [1.82, 2.24) is 5.32 Å². The van der Waals surface area contributed by atoms with Gasteiger partial charge in [0.2, 0.25) is 0 Å². The molecule has 2 rings (SSSR count). The summed E-state index contributed by atoms with van der Waals surface area (Å²) in [5.41, 5.74) is 0.502. The van der Waals surface area contributed by atoms with Crippen LogP contribution in [0.5, 0.6) is 0 Å². The van der Waals surface area contributed by atoms with Crippen molar-refractivity contribution in [2.75, 3.05) is 25.6 Å². The van der Waals surface area contributed by atoms with Crippen molar-refractivity contribution >= 4 is 29.4 Å². The van der Waals surface area contributed by atoms with Crippen molar-refractivity contribution in [3.63, 3.8) is 0 Å². The first-order valence-corrected chi connectivity index (χ1v) is 8.07. The van der Waals surface area contributed by atoms with Gasteiger partial charge >= 0.3 is 11.9 Å². The Hall–Kier alpha value is -3.75. The smallest absolute Gasteiger partial charge is 0.337 e. The van der Waals surface area contributed by atoms with Gasteiger partial charge in [0.25, 0.3) is 11.8 Å². The molecule has 0 aliphatic heterocycles. The van der Waals surface area contributed by atoms with E-state index in [9.17, 15) is 23.6 Å². The average Bonchev–Trinajstić information content (AvgIpc) is 2.70. The van der Waals surface area contributed by atoms with Gasteiger partial charge in [-0.1, -0.05) is 12.1 Å². The molecule has 2 amide bonds. The lowest BCUT2D eigenvalue weighted by Crippen LogP contribution is -2.32. The van der Waals surface area contributed by atoms with E-state index in [1.807, 2.05) is 0 Å². The monoisotopic (exact) mass is 388 g/mol. The SMILES string of the molecule is COC(=O)c1ccc(NC(=O)COC(=O)CNC(=O)c2ccccc2F)cc1. The number of carbonyl (C=O) groups is 4. The van der Waals surface area contributed by atoms with Gasteiger partial charge in [0, 0.05) is 5.69 Å². The topological polar surface area (TPSA) is 111 Å². The Morgan fingerprint density at radius 3 is 2.32 bits per heavy atom. The third kappa shape index (κ3) is 5.90. The van der Waals surface area contributed by atoms with E-state index in [0.717, 1.165) is 6.07 Å². The number of carbonyl (C=O) groups excluding carboxylic acids is 4. The Morgan fingerprint density at radius 2 is 1.68 bits per heavy atom. The standard InChI is InChI=1S/C19H17FN2O6/c1-27-19(26)12-6-8-13(9-7-12)22-16(23)11-28-17(24)10-21-18(25)14-4-2-3-5-15(14)20/h2-9H,10-11H2,1H3,(H,21,25)(H,22,23). The second-order valence-corrected chi connectivity index (χ2v) is 5.44. The summed E-state index contributed by atoms with van der Waals surface area (Å²) in [6.45, 7) is -1.10. The van der Waals surface area contributed by atoms with Gasteiger partial charge < -0.3 is 20.1 Å². The Kier molecular flexibility index (Phi) is 7.21. The predicted octanol–water partition coefficient (Wildman–Crippen LogP) is 1.52. The zero-order chi connectivity index (χ0) is 20.5. The van der Waals surface area contributed by atoms with Crippen LogP contribution in [0.15, 0.2) is 48.5 Å². The van der Waals surface area contributed by atoms with Crippen LogP contribution >= 0.6 is 0 Å². The van der Waals surface area contributed by atoms with E-state index in [1.54, 1.807) is 0 Å². The number of esters is 2. The summed E-state index contributed by atoms with van der Waals surface area (Å²) in [7, 11) is 1.26. The molecule has 146 valence electrons. The van der Waals surface area contributed by atoms with Crippen molar-refractivity contribution in [2.45, 2.75) is 0 Å². The Labute approximate surface area is 159 Å². The zero-order valence-corrected chi connectivity index (χ0v) is 14.9. The van der Waals surface area contributed by atoms with Crippen molar-refractivity contribution in [2.24, 2.45) is 0 Å². The van der Waals surface area contributed by atoms with Gasteiger partial charge in [-0.05, 0) is 36.4 Å². The van der Waals surface area contributed by atoms with E-state index in [2.05, 4.69) is 15.4 Å². The molecule has 0 saturated heterocycles. The minimum Gasteiger partial charge on any atom is -0.465 e. The Balaban J connectivity index is 1.75. The molecule has 0 heterocycles. The van der Waals surface area contributed by atoms with E-state index >= 15 is 0 Å². The highest BCUT2D eigenvalue weighted by Crippen LogP contribution is 2.10. The Morgan fingerprint density at radius 1 is 1.00 bits per heavy atom. The fraction of sp³-hybridized carbons (Fsp3) is 0.158. The maximum absolute atomic E-state index is 13.5. The third-order valence-corrected chi connectivity index (χ3v) is 3.47. The number of rotatable bonds is 7.